The second-order valence-corrected chi connectivity index (χ2v) is 7.24. The number of fused-ring (bicyclic) bond motifs is 2. The average Bonchev–Trinajstić information content (AvgIpc) is 2.93. The zero-order valence-electron chi connectivity index (χ0n) is 13.7. The molecule has 0 radical (unpaired) electrons. The van der Waals surface area contributed by atoms with Gasteiger partial charge < -0.3 is 4.74 Å². The molecule has 26 heavy (non-hydrogen) atoms. The van der Waals surface area contributed by atoms with Crippen molar-refractivity contribution in [3.63, 3.8) is 0 Å². The van der Waals surface area contributed by atoms with Crippen LogP contribution in [0.2, 0.25) is 0 Å². The van der Waals surface area contributed by atoms with Crippen LogP contribution in [0.1, 0.15) is 13.8 Å². The lowest BCUT2D eigenvalue weighted by molar-refractivity contribution is -0.491. The number of ketones is 3. The maximum Gasteiger partial charge on any atom is 0.281 e. The molecule has 1 saturated heterocycles. The predicted molar refractivity (Wildman–Crippen MR) is 87.5 cm³/mol. The summed E-state index contributed by atoms with van der Waals surface area (Å²) in [5, 5.41) is 11.5. The largest absolute Gasteiger partial charge is 0.348 e. The number of rotatable bonds is 3. The van der Waals surface area contributed by atoms with Gasteiger partial charge in [0.25, 0.3) is 6.04 Å². The molecule has 0 spiro atoms. The Labute approximate surface area is 148 Å². The molecule has 1 fully saturated rings. The smallest absolute Gasteiger partial charge is 0.281 e. The number of nitrogens with zero attached hydrogens (tertiary/aromatic N) is 1. The molecule has 2 aliphatic heterocycles. The molecule has 0 aromatic heterocycles. The van der Waals surface area contributed by atoms with E-state index in [0.29, 0.717) is 0 Å². The molecule has 0 aromatic carbocycles. The van der Waals surface area contributed by atoms with Crippen molar-refractivity contribution in [3.8, 4) is 0 Å². The van der Waals surface area contributed by atoms with E-state index in [9.17, 15) is 32.9 Å². The molecule has 10 heteroatoms. The molecule has 3 aliphatic rings. The summed E-state index contributed by atoms with van der Waals surface area (Å²) in [6.45, 7) is 2.75. The Kier molecular flexibility index (Phi) is 4.12. The third-order valence-electron chi connectivity index (χ3n) is 4.66. The van der Waals surface area contributed by atoms with Gasteiger partial charge in [0, 0.05) is 4.92 Å². The van der Waals surface area contributed by atoms with Crippen molar-refractivity contribution in [1.82, 2.24) is 0 Å². The van der Waals surface area contributed by atoms with Crippen molar-refractivity contribution in [2.45, 2.75) is 31.6 Å². The van der Waals surface area contributed by atoms with Crippen LogP contribution >= 0.6 is 0 Å². The molecule has 3 rings (SSSR count). The Morgan fingerprint density at radius 3 is 2.54 bits per heavy atom. The van der Waals surface area contributed by atoms with Gasteiger partial charge in [0.1, 0.15) is 17.6 Å². The Bertz CT molecular complexity index is 991. The standard InChI is InChI=1S/C16H13NO8S/c1-7-3-4-8(11(17(21)22)14(7)26(23)24)12(18)10-13(19)9-5-6-16(2,25-9)15(10)20/h3-6,9-11H,1-2H3. The molecule has 0 amide bonds. The maximum absolute atomic E-state index is 12.9. The first kappa shape index (κ1) is 18.1. The molecule has 2 heterocycles. The molecular weight excluding hydrogens is 366 g/mol. The number of carbonyl (C=O) groups excluding carboxylic acids is 3. The zero-order valence-corrected chi connectivity index (χ0v) is 14.5. The second kappa shape index (κ2) is 5.92. The van der Waals surface area contributed by atoms with Crippen LogP contribution in [0.15, 0.2) is 35.5 Å². The van der Waals surface area contributed by atoms with Crippen molar-refractivity contribution in [1.29, 1.82) is 0 Å². The van der Waals surface area contributed by atoms with Crippen LogP contribution in [0.4, 0.5) is 0 Å². The van der Waals surface area contributed by atoms with Gasteiger partial charge in [-0.2, -0.15) is 8.42 Å². The third kappa shape index (κ3) is 2.49. The van der Waals surface area contributed by atoms with E-state index in [1.807, 2.05) is 0 Å². The fourth-order valence-electron chi connectivity index (χ4n) is 3.30. The molecule has 0 N–H and O–H groups in total. The van der Waals surface area contributed by atoms with E-state index < -0.39 is 66.7 Å². The van der Waals surface area contributed by atoms with Gasteiger partial charge in [0.15, 0.2) is 22.2 Å². The summed E-state index contributed by atoms with van der Waals surface area (Å²) in [5.74, 6) is -4.48. The molecule has 9 nitrogen and oxygen atoms in total. The lowest BCUT2D eigenvalue weighted by Gasteiger charge is -2.32. The van der Waals surface area contributed by atoms with Gasteiger partial charge in [-0.1, -0.05) is 6.08 Å². The minimum absolute atomic E-state index is 0.106. The molecular formula is C16H13NO8S. The fraction of sp³-hybridized carbons (Fsp3) is 0.375. The van der Waals surface area contributed by atoms with Gasteiger partial charge >= 0.3 is 0 Å². The molecule has 0 saturated carbocycles. The summed E-state index contributed by atoms with van der Waals surface area (Å²) in [7, 11) is -2.95. The summed E-state index contributed by atoms with van der Waals surface area (Å²) in [5.41, 5.74) is -1.87. The molecule has 1 aliphatic carbocycles. The number of ether oxygens (including phenoxy) is 1. The lowest BCUT2D eigenvalue weighted by Crippen LogP contribution is -2.55. The Hall–Kier alpha value is -2.72. The SMILES string of the molecule is CC1=CC=C(C(=O)C2C(=O)C3C=CC(C)(O3)C2=O)C([N+](=O)[O-])C1=S(=O)=O. The number of nitro groups is 1. The highest BCUT2D eigenvalue weighted by molar-refractivity contribution is 7.73. The van der Waals surface area contributed by atoms with E-state index in [-0.39, 0.29) is 5.57 Å². The van der Waals surface area contributed by atoms with Crippen LogP contribution in [-0.4, -0.2) is 53.3 Å². The Balaban J connectivity index is 2.10. The van der Waals surface area contributed by atoms with Crippen molar-refractivity contribution < 1.29 is 32.5 Å². The summed E-state index contributed by atoms with van der Waals surface area (Å²) >= 11 is 0. The Morgan fingerprint density at radius 2 is 1.96 bits per heavy atom. The highest BCUT2D eigenvalue weighted by Gasteiger charge is 2.57. The van der Waals surface area contributed by atoms with Crippen LogP contribution in [0.3, 0.4) is 0 Å². The minimum atomic E-state index is -2.95. The minimum Gasteiger partial charge on any atom is -0.348 e. The highest BCUT2D eigenvalue weighted by Crippen LogP contribution is 2.36. The molecule has 4 unspecified atom stereocenters. The maximum atomic E-state index is 12.9. The molecule has 136 valence electrons. The van der Waals surface area contributed by atoms with Crippen LogP contribution in [0, 0.1) is 16.0 Å². The first-order chi connectivity index (χ1) is 12.1. The van der Waals surface area contributed by atoms with E-state index in [0.717, 1.165) is 6.08 Å². The number of Topliss-reactive ketones (excluding diaryl/α,β-unsaturated/α-hetero) is 3. The van der Waals surface area contributed by atoms with E-state index in [4.69, 9.17) is 4.74 Å². The van der Waals surface area contributed by atoms with Crippen molar-refractivity contribution in [2.75, 3.05) is 0 Å². The fourth-order valence-corrected chi connectivity index (χ4v) is 4.02. The first-order valence-corrected chi connectivity index (χ1v) is 8.64. The van der Waals surface area contributed by atoms with Crippen LogP contribution in [-0.2, 0) is 29.4 Å². The average molecular weight is 379 g/mol. The first-order valence-electron chi connectivity index (χ1n) is 7.56. The summed E-state index contributed by atoms with van der Waals surface area (Å²) < 4.78 is 28.2. The summed E-state index contributed by atoms with van der Waals surface area (Å²) in [4.78, 5) is 47.9. The van der Waals surface area contributed by atoms with E-state index in [1.165, 1.54) is 32.1 Å². The zero-order chi connectivity index (χ0) is 19.4. The molecule has 4 atom stereocenters. The van der Waals surface area contributed by atoms with Gasteiger partial charge in [-0.25, -0.2) is 0 Å². The van der Waals surface area contributed by atoms with Gasteiger partial charge in [-0.15, -0.1) is 0 Å². The molecule has 0 aromatic rings. The van der Waals surface area contributed by atoms with Crippen molar-refractivity contribution >= 4 is 32.5 Å². The summed E-state index contributed by atoms with van der Waals surface area (Å²) in [6.07, 6.45) is 3.98. The van der Waals surface area contributed by atoms with Gasteiger partial charge in [-0.3, -0.25) is 24.5 Å². The van der Waals surface area contributed by atoms with E-state index in [1.54, 1.807) is 0 Å². The number of hydrogen-bond donors (Lipinski definition) is 0. The monoisotopic (exact) mass is 379 g/mol. The third-order valence-corrected chi connectivity index (χ3v) is 5.56. The lowest BCUT2D eigenvalue weighted by atomic mass is 9.78. The topological polar surface area (TPSA) is 138 Å². The van der Waals surface area contributed by atoms with Gasteiger partial charge in [0.05, 0.1) is 5.57 Å². The quantitative estimate of drug-likeness (QED) is 0.213. The second-order valence-electron chi connectivity index (χ2n) is 6.33. The molecule has 2 bridgehead atoms. The van der Waals surface area contributed by atoms with Crippen LogP contribution in [0.25, 0.3) is 0 Å². The number of carbonyl (C=O) groups is 3. The number of hydrogen-bond acceptors (Lipinski definition) is 8. The van der Waals surface area contributed by atoms with Crippen LogP contribution < -0.4 is 0 Å². The van der Waals surface area contributed by atoms with E-state index >= 15 is 0 Å². The highest BCUT2D eigenvalue weighted by atomic mass is 32.2. The number of allylic oxidation sites excluding steroid dienone is 2. The normalized spacial score (nSPS) is 33.0. The van der Waals surface area contributed by atoms with Gasteiger partial charge in [0.2, 0.25) is 10.3 Å². The summed E-state index contributed by atoms with van der Waals surface area (Å²) in [6, 6.07) is -1.97. The predicted octanol–water partition coefficient (Wildman–Crippen LogP) is -0.380. The van der Waals surface area contributed by atoms with Crippen molar-refractivity contribution in [2.24, 2.45) is 5.92 Å². The van der Waals surface area contributed by atoms with E-state index in [2.05, 4.69) is 0 Å². The van der Waals surface area contributed by atoms with Gasteiger partial charge in [-0.05, 0) is 37.6 Å². The Morgan fingerprint density at radius 1 is 1.31 bits per heavy atom. The van der Waals surface area contributed by atoms with Crippen molar-refractivity contribution in [3.05, 3.63) is 45.6 Å². The van der Waals surface area contributed by atoms with Crippen LogP contribution in [0.5, 0.6) is 0 Å².